The number of rotatable bonds is 3. The zero-order valence-corrected chi connectivity index (χ0v) is 12.3. The summed E-state index contributed by atoms with van der Waals surface area (Å²) in [6.07, 6.45) is 0. The number of fused-ring (bicyclic) bond motifs is 2. The lowest BCUT2D eigenvalue weighted by Gasteiger charge is -2.10. The van der Waals surface area contributed by atoms with Gasteiger partial charge in [0.25, 0.3) is 0 Å². The summed E-state index contributed by atoms with van der Waals surface area (Å²) >= 11 is 0. The molecular formula is C19H18O2. The van der Waals surface area contributed by atoms with Gasteiger partial charge in [-0.05, 0) is 39.2 Å². The minimum absolute atomic E-state index is 0.0965. The van der Waals surface area contributed by atoms with Gasteiger partial charge in [0.05, 0.1) is 5.92 Å². The van der Waals surface area contributed by atoms with E-state index in [2.05, 4.69) is 30.3 Å². The van der Waals surface area contributed by atoms with E-state index in [-0.39, 0.29) is 11.9 Å². The van der Waals surface area contributed by atoms with Gasteiger partial charge in [-0.25, -0.2) is 0 Å². The van der Waals surface area contributed by atoms with Gasteiger partial charge in [-0.15, -0.1) is 0 Å². The molecular weight excluding hydrogens is 260 g/mol. The fourth-order valence-electron chi connectivity index (χ4n) is 2.47. The fourth-order valence-corrected chi connectivity index (χ4v) is 2.47. The van der Waals surface area contributed by atoms with Crippen LogP contribution in [0.15, 0.2) is 54.6 Å². The second-order valence-corrected chi connectivity index (χ2v) is 5.60. The molecule has 0 bridgehead atoms. The maximum Gasteiger partial charge on any atom is 0.308 e. The highest BCUT2D eigenvalue weighted by atomic mass is 16.5. The Kier molecular flexibility index (Phi) is 3.61. The molecule has 0 aromatic heterocycles. The molecule has 0 unspecified atom stereocenters. The third-order valence-electron chi connectivity index (χ3n) is 3.68. The van der Waals surface area contributed by atoms with Crippen molar-refractivity contribution in [3.05, 3.63) is 60.2 Å². The molecule has 0 radical (unpaired) electrons. The molecule has 0 aliphatic carbocycles. The van der Waals surface area contributed by atoms with Crippen molar-refractivity contribution in [2.45, 2.75) is 20.5 Å². The van der Waals surface area contributed by atoms with Gasteiger partial charge >= 0.3 is 5.97 Å². The molecule has 3 aromatic rings. The number of hydrogen-bond acceptors (Lipinski definition) is 2. The van der Waals surface area contributed by atoms with Crippen LogP contribution in [0.4, 0.5) is 0 Å². The van der Waals surface area contributed by atoms with Gasteiger partial charge in [0.15, 0.2) is 0 Å². The molecule has 2 nitrogen and oxygen atoms in total. The predicted octanol–water partition coefficient (Wildman–Crippen LogP) is 4.69. The van der Waals surface area contributed by atoms with Crippen molar-refractivity contribution in [2.24, 2.45) is 5.92 Å². The van der Waals surface area contributed by atoms with E-state index < -0.39 is 0 Å². The van der Waals surface area contributed by atoms with E-state index in [1.807, 2.05) is 38.1 Å². The Morgan fingerprint density at radius 2 is 1.62 bits per heavy atom. The topological polar surface area (TPSA) is 26.3 Å². The van der Waals surface area contributed by atoms with Crippen LogP contribution in [0.2, 0.25) is 0 Å². The average molecular weight is 278 g/mol. The fraction of sp³-hybridized carbons (Fsp3) is 0.211. The Balaban J connectivity index is 2.02. The van der Waals surface area contributed by atoms with E-state index in [1.54, 1.807) is 0 Å². The van der Waals surface area contributed by atoms with Crippen molar-refractivity contribution >= 4 is 27.5 Å². The van der Waals surface area contributed by atoms with E-state index in [9.17, 15) is 4.79 Å². The van der Waals surface area contributed by atoms with Gasteiger partial charge in [-0.3, -0.25) is 4.79 Å². The molecule has 0 aliphatic rings. The van der Waals surface area contributed by atoms with E-state index in [0.29, 0.717) is 6.61 Å². The lowest BCUT2D eigenvalue weighted by atomic mass is 10.00. The normalized spacial score (nSPS) is 11.2. The highest BCUT2D eigenvalue weighted by Gasteiger charge is 2.10. The standard InChI is InChI=1S/C19H18O2/c1-13(2)19(20)21-12-17-9-5-8-16-10-14-6-3-4-7-15(14)11-18(16)17/h3-11,13H,12H2,1-2H3. The number of hydrogen-bond donors (Lipinski definition) is 0. The summed E-state index contributed by atoms with van der Waals surface area (Å²) in [5.74, 6) is -0.256. The molecule has 0 atom stereocenters. The third-order valence-corrected chi connectivity index (χ3v) is 3.68. The van der Waals surface area contributed by atoms with E-state index in [1.165, 1.54) is 16.2 Å². The molecule has 3 rings (SSSR count). The zero-order valence-electron chi connectivity index (χ0n) is 12.3. The molecule has 106 valence electrons. The van der Waals surface area contributed by atoms with E-state index in [4.69, 9.17) is 4.74 Å². The molecule has 0 aliphatic heterocycles. The van der Waals surface area contributed by atoms with Crippen molar-refractivity contribution in [2.75, 3.05) is 0 Å². The maximum absolute atomic E-state index is 11.6. The first-order chi connectivity index (χ1) is 10.1. The Labute approximate surface area is 124 Å². The smallest absolute Gasteiger partial charge is 0.308 e. The third kappa shape index (κ3) is 2.75. The molecule has 0 amide bonds. The van der Waals surface area contributed by atoms with Gasteiger partial charge in [-0.1, -0.05) is 56.3 Å². The Morgan fingerprint density at radius 3 is 2.33 bits per heavy atom. The lowest BCUT2D eigenvalue weighted by molar-refractivity contribution is -0.148. The van der Waals surface area contributed by atoms with E-state index >= 15 is 0 Å². The molecule has 2 heteroatoms. The minimum atomic E-state index is -0.159. The molecule has 0 heterocycles. The van der Waals surface area contributed by atoms with Crippen molar-refractivity contribution in [1.29, 1.82) is 0 Å². The van der Waals surface area contributed by atoms with Crippen LogP contribution in [0.3, 0.4) is 0 Å². The number of carbonyl (C=O) groups is 1. The van der Waals surface area contributed by atoms with Crippen molar-refractivity contribution < 1.29 is 9.53 Å². The van der Waals surface area contributed by atoms with E-state index in [0.717, 1.165) is 10.9 Å². The van der Waals surface area contributed by atoms with Crippen molar-refractivity contribution in [1.82, 2.24) is 0 Å². The van der Waals surface area contributed by atoms with Crippen LogP contribution < -0.4 is 0 Å². The monoisotopic (exact) mass is 278 g/mol. The zero-order chi connectivity index (χ0) is 14.8. The number of ether oxygens (including phenoxy) is 1. The molecule has 0 N–H and O–H groups in total. The van der Waals surface area contributed by atoms with Crippen LogP contribution in [-0.2, 0) is 16.1 Å². The summed E-state index contributed by atoms with van der Waals surface area (Å²) in [5.41, 5.74) is 1.05. The van der Waals surface area contributed by atoms with Crippen LogP contribution >= 0.6 is 0 Å². The summed E-state index contributed by atoms with van der Waals surface area (Å²) in [4.78, 5) is 11.6. The second kappa shape index (κ2) is 5.57. The highest BCUT2D eigenvalue weighted by molar-refractivity contribution is 5.99. The molecule has 21 heavy (non-hydrogen) atoms. The minimum Gasteiger partial charge on any atom is -0.461 e. The van der Waals surface area contributed by atoms with Crippen LogP contribution in [-0.4, -0.2) is 5.97 Å². The maximum atomic E-state index is 11.6. The van der Waals surface area contributed by atoms with Crippen LogP contribution in [0, 0.1) is 5.92 Å². The van der Waals surface area contributed by atoms with Crippen LogP contribution in [0.5, 0.6) is 0 Å². The first-order valence-electron chi connectivity index (χ1n) is 7.22. The first-order valence-corrected chi connectivity index (χ1v) is 7.22. The summed E-state index contributed by atoms with van der Waals surface area (Å²) < 4.78 is 5.37. The number of benzene rings is 3. The number of esters is 1. The van der Waals surface area contributed by atoms with Crippen LogP contribution in [0.25, 0.3) is 21.5 Å². The predicted molar refractivity (Wildman–Crippen MR) is 86.1 cm³/mol. The quantitative estimate of drug-likeness (QED) is 0.513. The Morgan fingerprint density at radius 1 is 0.952 bits per heavy atom. The van der Waals surface area contributed by atoms with Crippen LogP contribution in [0.1, 0.15) is 19.4 Å². The molecule has 0 spiro atoms. The first kappa shape index (κ1) is 13.6. The number of carbonyl (C=O) groups excluding carboxylic acids is 1. The summed E-state index contributed by atoms with van der Waals surface area (Å²) in [6.45, 7) is 4.02. The van der Waals surface area contributed by atoms with Crippen molar-refractivity contribution in [3.63, 3.8) is 0 Å². The molecule has 0 saturated carbocycles. The second-order valence-electron chi connectivity index (χ2n) is 5.60. The van der Waals surface area contributed by atoms with Crippen molar-refractivity contribution in [3.8, 4) is 0 Å². The summed E-state index contributed by atoms with van der Waals surface area (Å²) in [7, 11) is 0. The van der Waals surface area contributed by atoms with Gasteiger partial charge in [0.2, 0.25) is 0 Å². The highest BCUT2D eigenvalue weighted by Crippen LogP contribution is 2.26. The Bertz CT molecular complexity index is 803. The average Bonchev–Trinajstić information content (AvgIpc) is 2.50. The van der Waals surface area contributed by atoms with Gasteiger partial charge in [0.1, 0.15) is 6.61 Å². The summed E-state index contributed by atoms with van der Waals surface area (Å²) in [6, 6.07) is 18.8. The summed E-state index contributed by atoms with van der Waals surface area (Å²) in [5, 5.41) is 4.74. The Hall–Kier alpha value is -2.35. The largest absolute Gasteiger partial charge is 0.461 e. The lowest BCUT2D eigenvalue weighted by Crippen LogP contribution is -2.11. The molecule has 3 aromatic carbocycles. The molecule has 0 saturated heterocycles. The SMILES string of the molecule is CC(C)C(=O)OCc1cccc2cc3ccccc3cc12. The molecule has 0 fully saturated rings. The van der Waals surface area contributed by atoms with Gasteiger partial charge < -0.3 is 4.74 Å². The van der Waals surface area contributed by atoms with Gasteiger partial charge in [0, 0.05) is 0 Å². The van der Waals surface area contributed by atoms with Gasteiger partial charge in [-0.2, -0.15) is 0 Å².